The number of allylic oxidation sites excluding steroid dienone is 2. The summed E-state index contributed by atoms with van der Waals surface area (Å²) in [5.74, 6) is 0.964. The van der Waals surface area contributed by atoms with Crippen LogP contribution in [-0.4, -0.2) is 0 Å². The maximum atomic E-state index is 2.33. The van der Waals surface area contributed by atoms with Crippen LogP contribution in [0.5, 0.6) is 0 Å². The van der Waals surface area contributed by atoms with Crippen molar-refractivity contribution in [1.29, 1.82) is 0 Å². The molecule has 31 heavy (non-hydrogen) atoms. The molecule has 0 amide bonds. The van der Waals surface area contributed by atoms with E-state index in [0.29, 0.717) is 0 Å². The van der Waals surface area contributed by atoms with Gasteiger partial charge in [-0.05, 0) is 50.9 Å². The van der Waals surface area contributed by atoms with Crippen molar-refractivity contribution in [3.05, 3.63) is 11.1 Å². The predicted octanol–water partition coefficient (Wildman–Crippen LogP) is 11.7. The lowest BCUT2D eigenvalue weighted by Crippen LogP contribution is -2.01. The van der Waals surface area contributed by atoms with Crippen LogP contribution in [0.25, 0.3) is 0 Å². The van der Waals surface area contributed by atoms with Gasteiger partial charge in [0.05, 0.1) is 0 Å². The van der Waals surface area contributed by atoms with Crippen molar-refractivity contribution in [1.82, 2.24) is 0 Å². The Morgan fingerprint density at radius 1 is 0.484 bits per heavy atom. The van der Waals surface area contributed by atoms with Gasteiger partial charge >= 0.3 is 0 Å². The molecule has 0 spiro atoms. The summed E-state index contributed by atoms with van der Waals surface area (Å²) in [7, 11) is 0. The number of hydrogen-bond donors (Lipinski definition) is 0. The second-order valence-electron chi connectivity index (χ2n) is 10.7. The van der Waals surface area contributed by atoms with E-state index in [1.165, 1.54) is 161 Å². The highest BCUT2D eigenvalue weighted by Gasteiger charge is 2.24. The quantitative estimate of drug-likeness (QED) is 0.111. The summed E-state index contributed by atoms with van der Waals surface area (Å²) in [6, 6.07) is 0. The highest BCUT2D eigenvalue weighted by molar-refractivity contribution is 5.23. The van der Waals surface area contributed by atoms with Gasteiger partial charge in [0.1, 0.15) is 0 Å². The third-order valence-corrected chi connectivity index (χ3v) is 7.78. The Morgan fingerprint density at radius 3 is 1.42 bits per heavy atom. The Hall–Kier alpha value is -0.260. The molecule has 0 radical (unpaired) electrons. The summed E-state index contributed by atoms with van der Waals surface area (Å²) >= 11 is 0. The van der Waals surface area contributed by atoms with Crippen LogP contribution in [0.3, 0.4) is 0 Å². The van der Waals surface area contributed by atoms with Crippen molar-refractivity contribution < 1.29 is 0 Å². The maximum absolute atomic E-state index is 2.33. The normalized spacial score (nSPS) is 16.5. The summed E-state index contributed by atoms with van der Waals surface area (Å²) < 4.78 is 0. The first-order valence-electron chi connectivity index (χ1n) is 15.0. The first-order valence-corrected chi connectivity index (χ1v) is 15.0. The van der Waals surface area contributed by atoms with Crippen LogP contribution in [0.4, 0.5) is 0 Å². The zero-order valence-corrected chi connectivity index (χ0v) is 22.3. The zero-order chi connectivity index (χ0) is 22.4. The van der Waals surface area contributed by atoms with E-state index >= 15 is 0 Å². The lowest BCUT2D eigenvalue weighted by atomic mass is 9.89. The third-order valence-electron chi connectivity index (χ3n) is 7.78. The number of rotatable bonds is 23. The SMILES string of the molecule is CCCCCCCCCCC1=C(CCCCCCCC)C(CCCCCCCC)CC1. The molecule has 184 valence electrons. The molecule has 0 saturated heterocycles. The number of hydrogen-bond acceptors (Lipinski definition) is 0. The first kappa shape index (κ1) is 28.8. The molecule has 1 aliphatic carbocycles. The topological polar surface area (TPSA) is 0 Å². The maximum Gasteiger partial charge on any atom is -0.0198 e. The molecular weight excluding hydrogens is 372 g/mol. The van der Waals surface area contributed by atoms with Crippen molar-refractivity contribution in [2.24, 2.45) is 5.92 Å². The fourth-order valence-electron chi connectivity index (χ4n) is 5.70. The molecule has 0 nitrogen and oxygen atoms in total. The lowest BCUT2D eigenvalue weighted by molar-refractivity contribution is 0.482. The van der Waals surface area contributed by atoms with Crippen molar-refractivity contribution in [2.45, 2.75) is 181 Å². The van der Waals surface area contributed by atoms with E-state index < -0.39 is 0 Å². The van der Waals surface area contributed by atoms with E-state index in [9.17, 15) is 0 Å². The second-order valence-corrected chi connectivity index (χ2v) is 10.7. The van der Waals surface area contributed by atoms with Crippen molar-refractivity contribution in [2.75, 3.05) is 0 Å². The lowest BCUT2D eigenvalue weighted by Gasteiger charge is -2.17. The first-order chi connectivity index (χ1) is 15.3. The summed E-state index contributed by atoms with van der Waals surface area (Å²) in [6.07, 6.45) is 36.3. The van der Waals surface area contributed by atoms with Gasteiger partial charge in [-0.1, -0.05) is 147 Å². The minimum Gasteiger partial charge on any atom is -0.0707 e. The van der Waals surface area contributed by atoms with E-state index in [1.54, 1.807) is 0 Å². The molecule has 0 saturated carbocycles. The van der Waals surface area contributed by atoms with Crippen LogP contribution < -0.4 is 0 Å². The molecule has 1 unspecified atom stereocenters. The zero-order valence-electron chi connectivity index (χ0n) is 22.3. The molecule has 0 fully saturated rings. The minimum absolute atomic E-state index is 0.964. The van der Waals surface area contributed by atoms with E-state index in [0.717, 1.165) is 5.92 Å². The van der Waals surface area contributed by atoms with Crippen LogP contribution in [-0.2, 0) is 0 Å². The molecule has 0 heterocycles. The summed E-state index contributed by atoms with van der Waals surface area (Å²) in [5, 5.41) is 0. The molecule has 1 atom stereocenters. The molecule has 0 aromatic heterocycles. The van der Waals surface area contributed by atoms with Crippen LogP contribution in [0, 0.1) is 5.92 Å². The smallest absolute Gasteiger partial charge is 0.0198 e. The highest BCUT2D eigenvalue weighted by atomic mass is 14.3. The van der Waals surface area contributed by atoms with Crippen LogP contribution in [0.1, 0.15) is 181 Å². The predicted molar refractivity (Wildman–Crippen MR) is 143 cm³/mol. The van der Waals surface area contributed by atoms with Gasteiger partial charge in [-0.3, -0.25) is 0 Å². The monoisotopic (exact) mass is 432 g/mol. The van der Waals surface area contributed by atoms with Crippen LogP contribution in [0.2, 0.25) is 0 Å². The Bertz CT molecular complexity index is 404. The van der Waals surface area contributed by atoms with Gasteiger partial charge < -0.3 is 0 Å². The van der Waals surface area contributed by atoms with Gasteiger partial charge in [-0.25, -0.2) is 0 Å². The standard InChI is InChI=1S/C31H60/c1-4-7-10-13-16-17-19-22-25-30-28-27-29(24-21-18-14-11-8-5-2)31(30)26-23-20-15-12-9-6-3/h29H,4-28H2,1-3H3. The van der Waals surface area contributed by atoms with Crippen LogP contribution in [0.15, 0.2) is 11.1 Å². The Balaban J connectivity index is 2.35. The average Bonchev–Trinajstić information content (AvgIpc) is 3.16. The molecule has 1 rings (SSSR count). The third kappa shape index (κ3) is 15.2. The molecule has 1 aliphatic rings. The van der Waals surface area contributed by atoms with Gasteiger partial charge in [0.2, 0.25) is 0 Å². The van der Waals surface area contributed by atoms with Gasteiger partial charge in [0, 0.05) is 0 Å². The van der Waals surface area contributed by atoms with Crippen molar-refractivity contribution >= 4 is 0 Å². The van der Waals surface area contributed by atoms with Crippen molar-refractivity contribution in [3.8, 4) is 0 Å². The Morgan fingerprint density at radius 2 is 0.903 bits per heavy atom. The van der Waals surface area contributed by atoms with Crippen LogP contribution >= 0.6 is 0 Å². The molecule has 0 aliphatic heterocycles. The fraction of sp³-hybridized carbons (Fsp3) is 0.935. The van der Waals surface area contributed by atoms with E-state index in [-0.39, 0.29) is 0 Å². The van der Waals surface area contributed by atoms with Gasteiger partial charge in [0.25, 0.3) is 0 Å². The Kier molecular flexibility index (Phi) is 20.0. The fourth-order valence-corrected chi connectivity index (χ4v) is 5.70. The van der Waals surface area contributed by atoms with Gasteiger partial charge in [-0.15, -0.1) is 0 Å². The van der Waals surface area contributed by atoms with E-state index in [4.69, 9.17) is 0 Å². The molecule has 0 N–H and O–H groups in total. The summed E-state index contributed by atoms with van der Waals surface area (Å²) in [5.41, 5.74) is 3.89. The summed E-state index contributed by atoms with van der Waals surface area (Å²) in [6.45, 7) is 6.97. The average molecular weight is 433 g/mol. The second kappa shape index (κ2) is 21.6. The van der Waals surface area contributed by atoms with Gasteiger partial charge in [-0.2, -0.15) is 0 Å². The minimum atomic E-state index is 0.964. The molecule has 0 bridgehead atoms. The Labute approximate surface area is 198 Å². The molecule has 0 heteroatoms. The number of unbranched alkanes of at least 4 members (excludes halogenated alkanes) is 17. The largest absolute Gasteiger partial charge is 0.0707 e. The van der Waals surface area contributed by atoms with E-state index in [2.05, 4.69) is 20.8 Å². The van der Waals surface area contributed by atoms with Gasteiger partial charge in [0.15, 0.2) is 0 Å². The molecule has 0 aromatic rings. The molecule has 0 aromatic carbocycles. The van der Waals surface area contributed by atoms with E-state index in [1.807, 2.05) is 11.1 Å². The molecular formula is C31H60. The van der Waals surface area contributed by atoms with Crippen molar-refractivity contribution in [3.63, 3.8) is 0 Å². The summed E-state index contributed by atoms with van der Waals surface area (Å²) in [4.78, 5) is 0. The highest BCUT2D eigenvalue weighted by Crippen LogP contribution is 2.40.